The van der Waals surface area contributed by atoms with Gasteiger partial charge in [0.1, 0.15) is 0 Å². The van der Waals surface area contributed by atoms with Crippen LogP contribution in [0.5, 0.6) is 0 Å². The zero-order valence-corrected chi connectivity index (χ0v) is 13.3. The fraction of sp³-hybridized carbons (Fsp3) is 0.0476. The third-order valence-corrected chi connectivity index (χ3v) is 7.07. The van der Waals surface area contributed by atoms with Crippen LogP contribution in [-0.2, 0) is 6.66 Å². The molecule has 0 bridgehead atoms. The van der Waals surface area contributed by atoms with E-state index in [-0.39, 0.29) is 7.53 Å². The normalized spacial score (nSPS) is 11.9. The van der Waals surface area contributed by atoms with Gasteiger partial charge in [-0.2, -0.15) is 0 Å². The van der Waals surface area contributed by atoms with Crippen molar-refractivity contribution >= 4 is 50.1 Å². The molecule has 0 N–H and O–H groups in total. The van der Waals surface area contributed by atoms with Crippen LogP contribution < -0.4 is 0 Å². The number of benzene rings is 4. The summed E-state index contributed by atoms with van der Waals surface area (Å²) in [5.41, 5.74) is 0. The van der Waals surface area contributed by atoms with E-state index in [1.165, 1.54) is 32.3 Å². The number of rotatable bonds is 0. The van der Waals surface area contributed by atoms with Crippen LogP contribution in [0.3, 0.4) is 0 Å². The fourth-order valence-corrected chi connectivity index (χ4v) is 6.25. The third-order valence-electron chi connectivity index (χ3n) is 4.76. The molecule has 5 aromatic rings. The van der Waals surface area contributed by atoms with Crippen molar-refractivity contribution in [3.05, 3.63) is 72.8 Å². The van der Waals surface area contributed by atoms with Crippen molar-refractivity contribution in [2.75, 3.05) is 0 Å². The Kier molecular flexibility index (Phi) is 2.42. The zero-order valence-electron chi connectivity index (χ0n) is 12.4. The van der Waals surface area contributed by atoms with Gasteiger partial charge in [0, 0.05) is 10.2 Å². The molecule has 0 nitrogen and oxygen atoms in total. The Balaban J connectivity index is 2.15. The predicted molar refractivity (Wildman–Crippen MR) is 100 cm³/mol. The molecule has 0 atom stereocenters. The Morgan fingerprint density at radius 3 is 1.45 bits per heavy atom. The lowest BCUT2D eigenvalue weighted by atomic mass is 10.0. The highest BCUT2D eigenvalue weighted by atomic mass is 31.1. The minimum absolute atomic E-state index is 0.296. The molecule has 0 radical (unpaired) electrons. The van der Waals surface area contributed by atoms with Gasteiger partial charge in [-0.1, -0.05) is 72.8 Å². The van der Waals surface area contributed by atoms with Crippen LogP contribution in [0.25, 0.3) is 42.6 Å². The SMILES string of the molecule is Cp1c2c3ccccc3ccc2c2ccc3ccccc3c21. The molecule has 0 aliphatic carbocycles. The van der Waals surface area contributed by atoms with Crippen LogP contribution in [0.1, 0.15) is 0 Å². The number of fused-ring (bicyclic) bond motifs is 7. The van der Waals surface area contributed by atoms with Gasteiger partial charge >= 0.3 is 0 Å². The van der Waals surface area contributed by atoms with Gasteiger partial charge in [-0.25, -0.2) is 0 Å². The molecule has 0 aliphatic heterocycles. The van der Waals surface area contributed by atoms with E-state index in [0.717, 1.165) is 0 Å². The van der Waals surface area contributed by atoms with Crippen molar-refractivity contribution in [3.8, 4) is 0 Å². The summed E-state index contributed by atoms with van der Waals surface area (Å²) in [6.45, 7) is 2.42. The summed E-state index contributed by atoms with van der Waals surface area (Å²) < 4.78 is 0. The lowest BCUT2D eigenvalue weighted by molar-refractivity contribution is 1.81. The van der Waals surface area contributed by atoms with Crippen LogP contribution >= 0.6 is 7.53 Å². The molecular formula is C21H15P. The molecule has 0 saturated carbocycles. The summed E-state index contributed by atoms with van der Waals surface area (Å²) in [5.74, 6) is 0. The van der Waals surface area contributed by atoms with E-state index >= 15 is 0 Å². The monoisotopic (exact) mass is 298 g/mol. The molecule has 0 spiro atoms. The van der Waals surface area contributed by atoms with Crippen molar-refractivity contribution in [3.63, 3.8) is 0 Å². The first kappa shape index (κ1) is 12.3. The fourth-order valence-electron chi connectivity index (χ4n) is 3.78. The second-order valence-corrected chi connectivity index (χ2v) is 7.94. The summed E-state index contributed by atoms with van der Waals surface area (Å²) >= 11 is 0. The van der Waals surface area contributed by atoms with Gasteiger partial charge in [0.15, 0.2) is 0 Å². The Morgan fingerprint density at radius 2 is 0.955 bits per heavy atom. The van der Waals surface area contributed by atoms with Crippen LogP contribution in [0.2, 0.25) is 0 Å². The molecule has 104 valence electrons. The summed E-state index contributed by atoms with van der Waals surface area (Å²) in [6.07, 6.45) is 0. The number of hydrogen-bond acceptors (Lipinski definition) is 0. The van der Waals surface area contributed by atoms with Gasteiger partial charge in [0.2, 0.25) is 0 Å². The van der Waals surface area contributed by atoms with Gasteiger partial charge in [0.05, 0.1) is 0 Å². The second-order valence-electron chi connectivity index (χ2n) is 5.92. The highest BCUT2D eigenvalue weighted by molar-refractivity contribution is 7.60. The minimum Gasteiger partial charge on any atom is -0.111 e. The van der Waals surface area contributed by atoms with E-state index in [4.69, 9.17) is 0 Å². The van der Waals surface area contributed by atoms with Crippen LogP contribution in [0, 0.1) is 0 Å². The van der Waals surface area contributed by atoms with Crippen molar-refractivity contribution < 1.29 is 0 Å². The highest BCUT2D eigenvalue weighted by Crippen LogP contribution is 2.51. The molecule has 0 saturated heterocycles. The second kappa shape index (κ2) is 4.35. The summed E-state index contributed by atoms with van der Waals surface area (Å²) in [7, 11) is -0.296. The summed E-state index contributed by atoms with van der Waals surface area (Å²) in [4.78, 5) is 0. The average Bonchev–Trinajstić information content (AvgIpc) is 2.88. The minimum atomic E-state index is -0.296. The number of hydrogen-bond donors (Lipinski definition) is 0. The van der Waals surface area contributed by atoms with Crippen molar-refractivity contribution in [2.45, 2.75) is 0 Å². The molecule has 1 heteroatoms. The van der Waals surface area contributed by atoms with Crippen LogP contribution in [-0.4, -0.2) is 0 Å². The maximum absolute atomic E-state index is 2.42. The summed E-state index contributed by atoms with van der Waals surface area (Å²) in [5, 5.41) is 11.5. The largest absolute Gasteiger partial charge is 0.111 e. The van der Waals surface area contributed by atoms with Crippen LogP contribution in [0.4, 0.5) is 0 Å². The lowest BCUT2D eigenvalue weighted by Gasteiger charge is -2.02. The van der Waals surface area contributed by atoms with Gasteiger partial charge in [-0.3, -0.25) is 0 Å². The highest BCUT2D eigenvalue weighted by Gasteiger charge is 2.13. The third kappa shape index (κ3) is 1.48. The van der Waals surface area contributed by atoms with Gasteiger partial charge in [0.25, 0.3) is 0 Å². The van der Waals surface area contributed by atoms with E-state index in [9.17, 15) is 0 Å². The molecule has 1 aromatic heterocycles. The molecule has 5 rings (SSSR count). The Hall–Kier alpha value is -2.30. The number of aryl methyl sites for hydroxylation is 1. The van der Waals surface area contributed by atoms with Gasteiger partial charge < -0.3 is 0 Å². The van der Waals surface area contributed by atoms with E-state index < -0.39 is 0 Å². The Bertz CT molecular complexity index is 1090. The molecule has 0 aliphatic rings. The quantitative estimate of drug-likeness (QED) is 0.294. The van der Waals surface area contributed by atoms with Crippen molar-refractivity contribution in [1.29, 1.82) is 0 Å². The molecule has 0 amide bonds. The van der Waals surface area contributed by atoms with Gasteiger partial charge in [-0.15, -0.1) is 7.53 Å². The smallest absolute Gasteiger partial charge is 0.00996 e. The van der Waals surface area contributed by atoms with Gasteiger partial charge in [-0.05, 0) is 39.0 Å². The molecular weight excluding hydrogens is 283 g/mol. The molecule has 0 unspecified atom stereocenters. The van der Waals surface area contributed by atoms with Crippen molar-refractivity contribution in [1.82, 2.24) is 0 Å². The Morgan fingerprint density at radius 1 is 0.500 bits per heavy atom. The summed E-state index contributed by atoms with van der Waals surface area (Å²) in [6, 6.07) is 26.7. The standard InChI is InChI=1S/C21H15P/c1-22-20-16-8-4-2-6-14(16)10-12-18(20)19-13-11-15-7-3-5-9-17(15)21(19)22/h2-13H,1H3. The lowest BCUT2D eigenvalue weighted by Crippen LogP contribution is -1.73. The van der Waals surface area contributed by atoms with Crippen molar-refractivity contribution in [2.24, 2.45) is 6.66 Å². The van der Waals surface area contributed by atoms with Crippen LogP contribution in [0.15, 0.2) is 72.8 Å². The average molecular weight is 298 g/mol. The molecule has 0 fully saturated rings. The predicted octanol–water partition coefficient (Wildman–Crippen LogP) is 6.82. The first-order valence-electron chi connectivity index (χ1n) is 7.62. The first-order valence-corrected chi connectivity index (χ1v) is 9.41. The molecule has 4 aromatic carbocycles. The maximum atomic E-state index is 2.42. The Labute approximate surface area is 130 Å². The maximum Gasteiger partial charge on any atom is 0.00996 e. The first-order chi connectivity index (χ1) is 10.8. The molecule has 22 heavy (non-hydrogen) atoms. The van der Waals surface area contributed by atoms with E-state index in [1.807, 2.05) is 0 Å². The van der Waals surface area contributed by atoms with E-state index in [0.29, 0.717) is 0 Å². The van der Waals surface area contributed by atoms with E-state index in [2.05, 4.69) is 79.5 Å². The topological polar surface area (TPSA) is 0 Å². The molecule has 1 heterocycles. The zero-order chi connectivity index (χ0) is 14.7. The van der Waals surface area contributed by atoms with E-state index in [1.54, 1.807) is 10.2 Å².